The molecule has 0 radical (unpaired) electrons. The van der Waals surface area contributed by atoms with E-state index >= 15 is 0 Å². The minimum atomic E-state index is -0.0187. The molecule has 0 amide bonds. The molecule has 0 fully saturated rings. The standard InChI is InChI=1S/C12H17N3O/c1-3-4-9(13)12-14-7-10(15-12)11-6-5-8(2)16-11/h5-7,9H,3-4,13H2,1-2H3,(H,14,15). The van der Waals surface area contributed by atoms with Gasteiger partial charge in [-0.15, -0.1) is 0 Å². The average molecular weight is 219 g/mol. The third-order valence-electron chi connectivity index (χ3n) is 2.55. The lowest BCUT2D eigenvalue weighted by Crippen LogP contribution is -2.11. The molecular formula is C12H17N3O. The SMILES string of the molecule is CCCC(N)c1ncc(-c2ccc(C)o2)[nH]1. The number of furan rings is 1. The fraction of sp³-hybridized carbons (Fsp3) is 0.417. The van der Waals surface area contributed by atoms with Crippen molar-refractivity contribution >= 4 is 0 Å². The fourth-order valence-electron chi connectivity index (χ4n) is 1.68. The molecular weight excluding hydrogens is 202 g/mol. The maximum Gasteiger partial charge on any atom is 0.152 e. The molecule has 0 spiro atoms. The molecule has 1 atom stereocenters. The van der Waals surface area contributed by atoms with Crippen molar-refractivity contribution in [3.63, 3.8) is 0 Å². The molecule has 2 aromatic heterocycles. The molecule has 0 saturated heterocycles. The number of H-pyrrole nitrogens is 1. The van der Waals surface area contributed by atoms with Crippen LogP contribution in [0.4, 0.5) is 0 Å². The van der Waals surface area contributed by atoms with Crippen molar-refractivity contribution in [1.82, 2.24) is 9.97 Å². The summed E-state index contributed by atoms with van der Waals surface area (Å²) in [5, 5.41) is 0. The van der Waals surface area contributed by atoms with Crippen LogP contribution in [0.3, 0.4) is 0 Å². The van der Waals surface area contributed by atoms with Crippen LogP contribution in [0.5, 0.6) is 0 Å². The van der Waals surface area contributed by atoms with E-state index in [1.165, 1.54) is 0 Å². The highest BCUT2D eigenvalue weighted by atomic mass is 16.3. The summed E-state index contributed by atoms with van der Waals surface area (Å²) in [6.45, 7) is 4.03. The average Bonchev–Trinajstić information content (AvgIpc) is 2.85. The fourth-order valence-corrected chi connectivity index (χ4v) is 1.68. The third-order valence-corrected chi connectivity index (χ3v) is 2.55. The van der Waals surface area contributed by atoms with Gasteiger partial charge in [-0.2, -0.15) is 0 Å². The van der Waals surface area contributed by atoms with E-state index in [-0.39, 0.29) is 6.04 Å². The van der Waals surface area contributed by atoms with Gasteiger partial charge in [0.05, 0.1) is 12.2 Å². The number of aromatic amines is 1. The van der Waals surface area contributed by atoms with Gasteiger partial charge < -0.3 is 15.1 Å². The number of hydrogen-bond acceptors (Lipinski definition) is 3. The molecule has 2 rings (SSSR count). The first kappa shape index (κ1) is 11.0. The second-order valence-corrected chi connectivity index (χ2v) is 3.99. The monoisotopic (exact) mass is 219 g/mol. The number of imidazole rings is 1. The third kappa shape index (κ3) is 2.17. The highest BCUT2D eigenvalue weighted by Gasteiger charge is 2.11. The molecule has 0 saturated carbocycles. The van der Waals surface area contributed by atoms with E-state index < -0.39 is 0 Å². The predicted molar refractivity (Wildman–Crippen MR) is 62.9 cm³/mol. The van der Waals surface area contributed by atoms with Crippen molar-refractivity contribution in [1.29, 1.82) is 0 Å². The Morgan fingerprint density at radius 2 is 2.31 bits per heavy atom. The lowest BCUT2D eigenvalue weighted by Gasteiger charge is -2.05. The van der Waals surface area contributed by atoms with Crippen LogP contribution in [-0.2, 0) is 0 Å². The van der Waals surface area contributed by atoms with E-state index in [4.69, 9.17) is 10.2 Å². The number of rotatable bonds is 4. The summed E-state index contributed by atoms with van der Waals surface area (Å²) in [5.74, 6) is 2.52. The molecule has 0 aliphatic carbocycles. The van der Waals surface area contributed by atoms with Crippen LogP contribution < -0.4 is 5.73 Å². The van der Waals surface area contributed by atoms with Gasteiger partial charge >= 0.3 is 0 Å². The normalized spacial score (nSPS) is 12.9. The molecule has 1 unspecified atom stereocenters. The summed E-state index contributed by atoms with van der Waals surface area (Å²) in [5.41, 5.74) is 6.86. The van der Waals surface area contributed by atoms with Crippen molar-refractivity contribution in [3.05, 3.63) is 29.9 Å². The van der Waals surface area contributed by atoms with Gasteiger partial charge in [-0.05, 0) is 25.5 Å². The van der Waals surface area contributed by atoms with Crippen molar-refractivity contribution in [2.75, 3.05) is 0 Å². The Labute approximate surface area is 94.9 Å². The molecule has 2 aromatic rings. The molecule has 3 N–H and O–H groups in total. The van der Waals surface area contributed by atoms with Crippen LogP contribution in [0, 0.1) is 6.92 Å². The van der Waals surface area contributed by atoms with Crippen LogP contribution in [0.2, 0.25) is 0 Å². The summed E-state index contributed by atoms with van der Waals surface area (Å²) in [4.78, 5) is 7.48. The van der Waals surface area contributed by atoms with Crippen molar-refractivity contribution in [2.24, 2.45) is 5.73 Å². The van der Waals surface area contributed by atoms with Gasteiger partial charge in [0.1, 0.15) is 17.3 Å². The van der Waals surface area contributed by atoms with Crippen LogP contribution in [0.15, 0.2) is 22.7 Å². The molecule has 2 heterocycles. The molecule has 0 aliphatic rings. The van der Waals surface area contributed by atoms with Gasteiger partial charge in [-0.3, -0.25) is 0 Å². The second kappa shape index (κ2) is 4.53. The zero-order chi connectivity index (χ0) is 11.5. The highest BCUT2D eigenvalue weighted by Crippen LogP contribution is 2.22. The van der Waals surface area contributed by atoms with Crippen molar-refractivity contribution in [2.45, 2.75) is 32.7 Å². The highest BCUT2D eigenvalue weighted by molar-refractivity contribution is 5.51. The molecule has 0 bridgehead atoms. The zero-order valence-electron chi connectivity index (χ0n) is 9.66. The summed E-state index contributed by atoms with van der Waals surface area (Å²) in [7, 11) is 0. The van der Waals surface area contributed by atoms with Crippen LogP contribution >= 0.6 is 0 Å². The van der Waals surface area contributed by atoms with Gasteiger partial charge in [0.25, 0.3) is 0 Å². The Morgan fingerprint density at radius 3 is 2.94 bits per heavy atom. The number of aryl methyl sites for hydroxylation is 1. The zero-order valence-corrected chi connectivity index (χ0v) is 9.66. The summed E-state index contributed by atoms with van der Waals surface area (Å²) < 4.78 is 5.51. The van der Waals surface area contributed by atoms with Crippen LogP contribution in [-0.4, -0.2) is 9.97 Å². The second-order valence-electron chi connectivity index (χ2n) is 3.99. The quantitative estimate of drug-likeness (QED) is 0.830. The first-order valence-electron chi connectivity index (χ1n) is 5.58. The van der Waals surface area contributed by atoms with E-state index in [0.29, 0.717) is 0 Å². The maximum absolute atomic E-state index is 5.98. The van der Waals surface area contributed by atoms with E-state index in [2.05, 4.69) is 16.9 Å². The van der Waals surface area contributed by atoms with E-state index in [1.807, 2.05) is 19.1 Å². The summed E-state index contributed by atoms with van der Waals surface area (Å²) >= 11 is 0. The lowest BCUT2D eigenvalue weighted by atomic mass is 10.2. The molecule has 86 valence electrons. The molecule has 0 aliphatic heterocycles. The Hall–Kier alpha value is -1.55. The van der Waals surface area contributed by atoms with E-state index in [9.17, 15) is 0 Å². The summed E-state index contributed by atoms with van der Waals surface area (Å²) in [6.07, 6.45) is 3.75. The largest absolute Gasteiger partial charge is 0.460 e. The van der Waals surface area contributed by atoms with Gasteiger partial charge in [-0.1, -0.05) is 13.3 Å². The van der Waals surface area contributed by atoms with E-state index in [1.54, 1.807) is 6.20 Å². The Kier molecular flexibility index (Phi) is 3.10. The summed E-state index contributed by atoms with van der Waals surface area (Å²) in [6, 6.07) is 3.84. The molecule has 16 heavy (non-hydrogen) atoms. The van der Waals surface area contributed by atoms with Gasteiger partial charge in [0.15, 0.2) is 5.76 Å². The minimum absolute atomic E-state index is 0.0187. The van der Waals surface area contributed by atoms with Gasteiger partial charge in [-0.25, -0.2) is 4.98 Å². The topological polar surface area (TPSA) is 67.8 Å². The smallest absolute Gasteiger partial charge is 0.152 e. The van der Waals surface area contributed by atoms with Crippen molar-refractivity contribution < 1.29 is 4.42 Å². The number of nitrogens with two attached hydrogens (primary N) is 1. The Bertz CT molecular complexity index is 458. The molecule has 0 aromatic carbocycles. The van der Waals surface area contributed by atoms with Crippen molar-refractivity contribution in [3.8, 4) is 11.5 Å². The number of hydrogen-bond donors (Lipinski definition) is 2. The molecule has 4 nitrogen and oxygen atoms in total. The Balaban J connectivity index is 2.19. The van der Waals surface area contributed by atoms with Gasteiger partial charge in [0.2, 0.25) is 0 Å². The van der Waals surface area contributed by atoms with Gasteiger partial charge in [0, 0.05) is 0 Å². The number of nitrogens with one attached hydrogen (secondary N) is 1. The minimum Gasteiger partial charge on any atom is -0.460 e. The van der Waals surface area contributed by atoms with E-state index in [0.717, 1.165) is 35.9 Å². The number of aromatic nitrogens is 2. The molecule has 4 heteroatoms. The Morgan fingerprint density at radius 1 is 1.50 bits per heavy atom. The predicted octanol–water partition coefficient (Wildman–Crippen LogP) is 2.78. The lowest BCUT2D eigenvalue weighted by molar-refractivity contribution is 0.546. The van der Waals surface area contributed by atoms with Crippen LogP contribution in [0.25, 0.3) is 11.5 Å². The number of nitrogens with zero attached hydrogens (tertiary/aromatic N) is 1. The maximum atomic E-state index is 5.98. The first-order chi connectivity index (χ1) is 7.70. The van der Waals surface area contributed by atoms with Crippen LogP contribution in [0.1, 0.15) is 37.4 Å². The first-order valence-corrected chi connectivity index (χ1v) is 5.58.